The Bertz CT molecular complexity index is 365. The molecule has 0 bridgehead atoms. The highest BCUT2D eigenvalue weighted by atomic mass is 28.4. The maximum atomic E-state index is 11.6. The summed E-state index contributed by atoms with van der Waals surface area (Å²) in [7, 11) is 1.81. The first kappa shape index (κ1) is 20.7. The Balaban J connectivity index is 3.74. The topological polar surface area (TPSA) is 95.1 Å². The summed E-state index contributed by atoms with van der Waals surface area (Å²) in [5.74, 6) is -0.592. The normalized spacial score (nSPS) is 11.1. The SMILES string of the molecule is C=C(C)C(=O)OCCCNC(=O)CNC[Si](OC)(OC)OC. The van der Waals surface area contributed by atoms with E-state index in [0.29, 0.717) is 24.7 Å². The van der Waals surface area contributed by atoms with Crippen LogP contribution < -0.4 is 10.6 Å². The number of amides is 1. The van der Waals surface area contributed by atoms with Gasteiger partial charge in [0.2, 0.25) is 5.91 Å². The van der Waals surface area contributed by atoms with Crippen LogP contribution in [0.5, 0.6) is 0 Å². The second-order valence-electron chi connectivity index (χ2n) is 4.52. The van der Waals surface area contributed by atoms with Gasteiger partial charge in [-0.15, -0.1) is 0 Å². The molecule has 0 unspecified atom stereocenters. The molecule has 0 aliphatic rings. The van der Waals surface area contributed by atoms with E-state index in [2.05, 4.69) is 17.2 Å². The molecule has 0 saturated heterocycles. The van der Waals surface area contributed by atoms with Crippen LogP contribution in [-0.2, 0) is 27.6 Å². The second-order valence-corrected chi connectivity index (χ2v) is 7.46. The van der Waals surface area contributed by atoms with Gasteiger partial charge < -0.3 is 28.6 Å². The van der Waals surface area contributed by atoms with E-state index in [1.54, 1.807) is 6.92 Å². The first-order chi connectivity index (χ1) is 10.4. The van der Waals surface area contributed by atoms with E-state index in [0.717, 1.165) is 0 Å². The van der Waals surface area contributed by atoms with E-state index in [1.807, 2.05) is 0 Å². The molecule has 2 N–H and O–H groups in total. The van der Waals surface area contributed by atoms with Crippen LogP contribution in [0.3, 0.4) is 0 Å². The van der Waals surface area contributed by atoms with Crippen LogP contribution in [-0.4, -0.2) is 67.9 Å². The summed E-state index contributed by atoms with van der Waals surface area (Å²) in [6, 6.07) is 0. The molecular formula is C13H26N2O6Si. The molecule has 128 valence electrons. The predicted octanol–water partition coefficient (Wildman–Crippen LogP) is -0.381. The molecule has 22 heavy (non-hydrogen) atoms. The van der Waals surface area contributed by atoms with Gasteiger partial charge in [-0.25, -0.2) is 4.79 Å². The van der Waals surface area contributed by atoms with Gasteiger partial charge in [0, 0.05) is 33.4 Å². The lowest BCUT2D eigenvalue weighted by Gasteiger charge is -2.24. The van der Waals surface area contributed by atoms with Crippen molar-refractivity contribution in [3.63, 3.8) is 0 Å². The summed E-state index contributed by atoms with van der Waals surface area (Å²) in [6.45, 7) is 5.85. The molecule has 0 saturated carbocycles. The highest BCUT2D eigenvalue weighted by Gasteiger charge is 2.37. The lowest BCUT2D eigenvalue weighted by Crippen LogP contribution is -2.53. The summed E-state index contributed by atoms with van der Waals surface area (Å²) in [4.78, 5) is 22.7. The Kier molecular flexibility index (Phi) is 10.7. The van der Waals surface area contributed by atoms with Gasteiger partial charge in [0.05, 0.1) is 19.3 Å². The number of carbonyl (C=O) groups is 2. The van der Waals surface area contributed by atoms with Crippen LogP contribution in [0.2, 0.25) is 0 Å². The highest BCUT2D eigenvalue weighted by molar-refractivity contribution is 6.60. The van der Waals surface area contributed by atoms with Crippen molar-refractivity contribution >= 4 is 20.7 Å². The average Bonchev–Trinajstić information content (AvgIpc) is 2.51. The van der Waals surface area contributed by atoms with Gasteiger partial charge in [-0.05, 0) is 13.3 Å². The molecule has 0 aliphatic heterocycles. The fourth-order valence-electron chi connectivity index (χ4n) is 1.45. The van der Waals surface area contributed by atoms with Crippen LogP contribution in [0.4, 0.5) is 0 Å². The maximum absolute atomic E-state index is 11.6. The van der Waals surface area contributed by atoms with Gasteiger partial charge in [0.15, 0.2) is 0 Å². The van der Waals surface area contributed by atoms with Gasteiger partial charge in [-0.2, -0.15) is 0 Å². The van der Waals surface area contributed by atoms with E-state index in [4.69, 9.17) is 18.0 Å². The molecule has 0 aromatic carbocycles. The van der Waals surface area contributed by atoms with Crippen molar-refractivity contribution in [2.45, 2.75) is 13.3 Å². The quantitative estimate of drug-likeness (QED) is 0.217. The average molecular weight is 334 g/mol. The number of nitrogens with one attached hydrogen (secondary N) is 2. The third-order valence-electron chi connectivity index (χ3n) is 2.78. The molecule has 0 spiro atoms. The molecule has 0 aliphatic carbocycles. The molecule has 0 aromatic rings. The van der Waals surface area contributed by atoms with E-state index >= 15 is 0 Å². The van der Waals surface area contributed by atoms with E-state index in [-0.39, 0.29) is 19.1 Å². The first-order valence-electron chi connectivity index (χ1n) is 6.86. The molecule has 0 aromatic heterocycles. The predicted molar refractivity (Wildman–Crippen MR) is 83.1 cm³/mol. The third-order valence-corrected chi connectivity index (χ3v) is 5.33. The summed E-state index contributed by atoms with van der Waals surface area (Å²) >= 11 is 0. The van der Waals surface area contributed by atoms with E-state index < -0.39 is 14.8 Å². The Morgan fingerprint density at radius 1 is 1.14 bits per heavy atom. The molecule has 1 amide bonds. The zero-order valence-electron chi connectivity index (χ0n) is 13.7. The van der Waals surface area contributed by atoms with Crippen molar-refractivity contribution in [2.24, 2.45) is 0 Å². The Labute approximate surface area is 132 Å². The van der Waals surface area contributed by atoms with Crippen LogP contribution >= 0.6 is 0 Å². The fourth-order valence-corrected chi connectivity index (χ4v) is 2.81. The number of rotatable bonds is 12. The Morgan fingerprint density at radius 2 is 1.73 bits per heavy atom. The number of esters is 1. The van der Waals surface area contributed by atoms with Crippen LogP contribution in [0.25, 0.3) is 0 Å². The molecule has 8 nitrogen and oxygen atoms in total. The molecule has 0 fully saturated rings. The molecule has 0 rings (SSSR count). The minimum absolute atomic E-state index is 0.121. The third kappa shape index (κ3) is 8.25. The lowest BCUT2D eigenvalue weighted by molar-refractivity contribution is -0.138. The van der Waals surface area contributed by atoms with Gasteiger partial charge >= 0.3 is 14.8 Å². The van der Waals surface area contributed by atoms with Crippen molar-refractivity contribution < 1.29 is 27.6 Å². The summed E-state index contributed by atoms with van der Waals surface area (Å²) in [5.41, 5.74) is 0.357. The maximum Gasteiger partial charge on any atom is 0.514 e. The minimum atomic E-state index is -2.71. The zero-order chi connectivity index (χ0) is 17.0. The summed E-state index contributed by atoms with van der Waals surface area (Å²) < 4.78 is 20.6. The molecule has 0 heterocycles. The van der Waals surface area contributed by atoms with Gasteiger partial charge in [-0.3, -0.25) is 4.79 Å². The molecular weight excluding hydrogens is 308 g/mol. The van der Waals surface area contributed by atoms with E-state index in [1.165, 1.54) is 21.3 Å². The first-order valence-corrected chi connectivity index (χ1v) is 8.79. The van der Waals surface area contributed by atoms with Gasteiger partial charge in [0.1, 0.15) is 0 Å². The Hall–Kier alpha value is -1.26. The number of hydrogen-bond acceptors (Lipinski definition) is 7. The number of carbonyl (C=O) groups excluding carboxylic acids is 2. The Morgan fingerprint density at radius 3 is 2.23 bits per heavy atom. The monoisotopic (exact) mass is 334 g/mol. The largest absolute Gasteiger partial charge is 0.514 e. The van der Waals surface area contributed by atoms with Crippen LogP contribution in [0.1, 0.15) is 13.3 Å². The lowest BCUT2D eigenvalue weighted by atomic mass is 10.3. The molecule has 0 atom stereocenters. The molecule has 9 heteroatoms. The number of ether oxygens (including phenoxy) is 1. The van der Waals surface area contributed by atoms with Crippen molar-refractivity contribution in [3.8, 4) is 0 Å². The van der Waals surface area contributed by atoms with Crippen LogP contribution in [0.15, 0.2) is 12.2 Å². The minimum Gasteiger partial charge on any atom is -0.462 e. The number of hydrogen-bond donors (Lipinski definition) is 2. The smallest absolute Gasteiger partial charge is 0.462 e. The standard InChI is InChI=1S/C13H26N2O6Si/c1-11(2)13(17)21-8-6-7-15-12(16)9-14-10-22(18-3,19-4)20-5/h14H,1,6-10H2,2-5H3,(H,15,16). The second kappa shape index (κ2) is 11.3. The fraction of sp³-hybridized carbons (Fsp3) is 0.692. The van der Waals surface area contributed by atoms with Crippen molar-refractivity contribution in [3.05, 3.63) is 12.2 Å². The summed E-state index contributed by atoms with van der Waals surface area (Å²) in [6.07, 6.45) is 0.873. The zero-order valence-corrected chi connectivity index (χ0v) is 14.7. The van der Waals surface area contributed by atoms with Crippen molar-refractivity contribution in [1.29, 1.82) is 0 Å². The van der Waals surface area contributed by atoms with Gasteiger partial charge in [-0.1, -0.05) is 6.58 Å². The molecule has 0 radical (unpaired) electrons. The van der Waals surface area contributed by atoms with E-state index in [9.17, 15) is 9.59 Å². The summed E-state index contributed by atoms with van der Waals surface area (Å²) in [5, 5.41) is 5.63. The van der Waals surface area contributed by atoms with Crippen LogP contribution in [0, 0.1) is 0 Å². The van der Waals surface area contributed by atoms with Gasteiger partial charge in [0.25, 0.3) is 0 Å². The highest BCUT2D eigenvalue weighted by Crippen LogP contribution is 2.03. The van der Waals surface area contributed by atoms with Crippen molar-refractivity contribution in [2.75, 3.05) is 47.2 Å². The van der Waals surface area contributed by atoms with Crippen molar-refractivity contribution in [1.82, 2.24) is 10.6 Å².